The fourth-order valence-electron chi connectivity index (χ4n) is 2.10. The predicted molar refractivity (Wildman–Crippen MR) is 87.8 cm³/mol. The molecular formula is C18H19NO4. The smallest absolute Gasteiger partial charge is 0.308 e. The van der Waals surface area contributed by atoms with Crippen molar-refractivity contribution in [2.75, 3.05) is 11.9 Å². The lowest BCUT2D eigenvalue weighted by atomic mass is 10.1. The molecule has 23 heavy (non-hydrogen) atoms. The van der Waals surface area contributed by atoms with E-state index in [-0.39, 0.29) is 12.5 Å². The number of carbonyl (C=O) groups is 2. The van der Waals surface area contributed by atoms with Gasteiger partial charge in [0.15, 0.2) is 6.61 Å². The Balaban J connectivity index is 1.93. The van der Waals surface area contributed by atoms with Crippen LogP contribution in [0.5, 0.6) is 11.5 Å². The quantitative estimate of drug-likeness (QED) is 0.680. The summed E-state index contributed by atoms with van der Waals surface area (Å²) in [4.78, 5) is 22.9. The summed E-state index contributed by atoms with van der Waals surface area (Å²) in [5.74, 6) is 0.363. The van der Waals surface area contributed by atoms with Crippen molar-refractivity contribution in [1.29, 1.82) is 0 Å². The number of carbonyl (C=O) groups excluding carboxylic acids is 2. The highest BCUT2D eigenvalue weighted by Gasteiger charge is 2.07. The van der Waals surface area contributed by atoms with Gasteiger partial charge in [0.25, 0.3) is 5.91 Å². The monoisotopic (exact) mass is 313 g/mol. The molecule has 0 radical (unpaired) electrons. The summed E-state index contributed by atoms with van der Waals surface area (Å²) in [7, 11) is 0. The summed E-state index contributed by atoms with van der Waals surface area (Å²) in [6.45, 7) is 5.16. The summed E-state index contributed by atoms with van der Waals surface area (Å²) in [6, 6.07) is 12.4. The molecule has 1 amide bonds. The SMILES string of the molecule is CC(=O)Oc1cccc(NC(=O)COc2ccc(C)cc2C)c1. The number of esters is 1. The topological polar surface area (TPSA) is 64.6 Å². The molecule has 0 unspecified atom stereocenters. The van der Waals surface area contributed by atoms with Crippen molar-refractivity contribution < 1.29 is 19.1 Å². The van der Waals surface area contributed by atoms with Crippen LogP contribution in [0.3, 0.4) is 0 Å². The molecule has 0 bridgehead atoms. The maximum Gasteiger partial charge on any atom is 0.308 e. The zero-order chi connectivity index (χ0) is 16.8. The van der Waals surface area contributed by atoms with Gasteiger partial charge in [-0.2, -0.15) is 0 Å². The van der Waals surface area contributed by atoms with Gasteiger partial charge in [0.2, 0.25) is 0 Å². The van der Waals surface area contributed by atoms with E-state index in [1.54, 1.807) is 24.3 Å². The van der Waals surface area contributed by atoms with Gasteiger partial charge < -0.3 is 14.8 Å². The first kappa shape index (κ1) is 16.5. The van der Waals surface area contributed by atoms with Crippen molar-refractivity contribution in [1.82, 2.24) is 0 Å². The number of hydrogen-bond donors (Lipinski definition) is 1. The van der Waals surface area contributed by atoms with E-state index in [2.05, 4.69) is 5.32 Å². The molecule has 0 spiro atoms. The number of anilines is 1. The molecule has 5 heteroatoms. The van der Waals surface area contributed by atoms with Crippen LogP contribution in [0.25, 0.3) is 0 Å². The van der Waals surface area contributed by atoms with E-state index in [0.29, 0.717) is 17.2 Å². The van der Waals surface area contributed by atoms with Crippen LogP contribution in [-0.4, -0.2) is 18.5 Å². The van der Waals surface area contributed by atoms with Gasteiger partial charge in [-0.25, -0.2) is 0 Å². The summed E-state index contributed by atoms with van der Waals surface area (Å²) >= 11 is 0. The van der Waals surface area contributed by atoms with Crippen LogP contribution in [0.1, 0.15) is 18.1 Å². The average Bonchev–Trinajstić information content (AvgIpc) is 2.46. The Kier molecular flexibility index (Phi) is 5.36. The third kappa shape index (κ3) is 5.14. The lowest BCUT2D eigenvalue weighted by Gasteiger charge is -2.10. The minimum atomic E-state index is -0.411. The number of aryl methyl sites for hydroxylation is 2. The zero-order valence-corrected chi connectivity index (χ0v) is 13.4. The van der Waals surface area contributed by atoms with Crippen LogP contribution in [0.2, 0.25) is 0 Å². The maximum absolute atomic E-state index is 12.0. The first-order valence-corrected chi connectivity index (χ1v) is 7.22. The van der Waals surface area contributed by atoms with E-state index < -0.39 is 5.97 Å². The highest BCUT2D eigenvalue weighted by Crippen LogP contribution is 2.19. The normalized spacial score (nSPS) is 10.0. The van der Waals surface area contributed by atoms with Crippen molar-refractivity contribution in [2.24, 2.45) is 0 Å². The Morgan fingerprint density at radius 1 is 1.09 bits per heavy atom. The van der Waals surface area contributed by atoms with Gasteiger partial charge in [0.05, 0.1) is 0 Å². The summed E-state index contributed by atoms with van der Waals surface area (Å²) in [5.41, 5.74) is 2.66. The molecule has 0 aromatic heterocycles. The Bertz CT molecular complexity index is 725. The fourth-order valence-corrected chi connectivity index (χ4v) is 2.10. The van der Waals surface area contributed by atoms with Crippen molar-refractivity contribution in [3.63, 3.8) is 0 Å². The molecule has 2 aromatic carbocycles. The van der Waals surface area contributed by atoms with Crippen molar-refractivity contribution in [2.45, 2.75) is 20.8 Å². The Morgan fingerprint density at radius 3 is 2.57 bits per heavy atom. The zero-order valence-electron chi connectivity index (χ0n) is 13.4. The van der Waals surface area contributed by atoms with Gasteiger partial charge in [-0.15, -0.1) is 0 Å². The second-order valence-corrected chi connectivity index (χ2v) is 5.23. The van der Waals surface area contributed by atoms with E-state index in [1.165, 1.54) is 6.92 Å². The van der Waals surface area contributed by atoms with Crippen LogP contribution >= 0.6 is 0 Å². The second kappa shape index (κ2) is 7.45. The molecule has 2 aromatic rings. The third-order valence-corrected chi connectivity index (χ3v) is 3.07. The van der Waals surface area contributed by atoms with E-state index in [4.69, 9.17) is 9.47 Å². The Labute approximate surface area is 135 Å². The largest absolute Gasteiger partial charge is 0.483 e. The number of rotatable bonds is 5. The standard InChI is InChI=1S/C18H19NO4/c1-12-7-8-17(13(2)9-12)22-11-18(21)19-15-5-4-6-16(10-15)23-14(3)20/h4-10H,11H2,1-3H3,(H,19,21). The van der Waals surface area contributed by atoms with Gasteiger partial charge in [0, 0.05) is 18.7 Å². The molecule has 0 aliphatic rings. The molecular weight excluding hydrogens is 294 g/mol. The highest BCUT2D eigenvalue weighted by atomic mass is 16.5. The number of amides is 1. The predicted octanol–water partition coefficient (Wildman–Crippen LogP) is 3.25. The molecule has 0 aliphatic carbocycles. The number of benzene rings is 2. The van der Waals surface area contributed by atoms with E-state index in [0.717, 1.165) is 11.1 Å². The number of nitrogens with one attached hydrogen (secondary N) is 1. The molecule has 1 N–H and O–H groups in total. The molecule has 120 valence electrons. The summed E-state index contributed by atoms with van der Waals surface area (Å²) in [6.07, 6.45) is 0. The van der Waals surface area contributed by atoms with Crippen LogP contribution in [0.4, 0.5) is 5.69 Å². The minimum absolute atomic E-state index is 0.0955. The average molecular weight is 313 g/mol. The molecule has 0 saturated heterocycles. The van der Waals surface area contributed by atoms with E-state index in [9.17, 15) is 9.59 Å². The van der Waals surface area contributed by atoms with Crippen molar-refractivity contribution >= 4 is 17.6 Å². The van der Waals surface area contributed by atoms with Crippen molar-refractivity contribution in [3.8, 4) is 11.5 Å². The van der Waals surface area contributed by atoms with Crippen LogP contribution in [0.15, 0.2) is 42.5 Å². The van der Waals surface area contributed by atoms with Crippen LogP contribution < -0.4 is 14.8 Å². The molecule has 0 atom stereocenters. The molecule has 0 saturated carbocycles. The van der Waals surface area contributed by atoms with Crippen LogP contribution in [0, 0.1) is 13.8 Å². The summed E-state index contributed by atoms with van der Waals surface area (Å²) in [5, 5.41) is 2.70. The molecule has 5 nitrogen and oxygen atoms in total. The van der Waals surface area contributed by atoms with Crippen LogP contribution in [-0.2, 0) is 9.59 Å². The van der Waals surface area contributed by atoms with E-state index in [1.807, 2.05) is 32.0 Å². The highest BCUT2D eigenvalue weighted by molar-refractivity contribution is 5.92. The van der Waals surface area contributed by atoms with E-state index >= 15 is 0 Å². The number of hydrogen-bond acceptors (Lipinski definition) is 4. The van der Waals surface area contributed by atoms with Gasteiger partial charge >= 0.3 is 5.97 Å². The first-order chi connectivity index (χ1) is 10.9. The second-order valence-electron chi connectivity index (χ2n) is 5.23. The molecule has 0 heterocycles. The van der Waals surface area contributed by atoms with Gasteiger partial charge in [-0.1, -0.05) is 23.8 Å². The molecule has 0 aliphatic heterocycles. The molecule has 2 rings (SSSR count). The Morgan fingerprint density at radius 2 is 1.87 bits per heavy atom. The lowest BCUT2D eigenvalue weighted by molar-refractivity contribution is -0.131. The van der Waals surface area contributed by atoms with Gasteiger partial charge in [-0.05, 0) is 37.6 Å². The maximum atomic E-state index is 12.0. The van der Waals surface area contributed by atoms with Crippen molar-refractivity contribution in [3.05, 3.63) is 53.6 Å². The molecule has 0 fully saturated rings. The van der Waals surface area contributed by atoms with Gasteiger partial charge in [-0.3, -0.25) is 9.59 Å². The Hall–Kier alpha value is -2.82. The van der Waals surface area contributed by atoms with Gasteiger partial charge in [0.1, 0.15) is 11.5 Å². The first-order valence-electron chi connectivity index (χ1n) is 7.22. The third-order valence-electron chi connectivity index (χ3n) is 3.07. The minimum Gasteiger partial charge on any atom is -0.483 e. The summed E-state index contributed by atoms with van der Waals surface area (Å²) < 4.78 is 10.5. The fraction of sp³-hybridized carbons (Fsp3) is 0.222. The lowest BCUT2D eigenvalue weighted by Crippen LogP contribution is -2.20. The number of ether oxygens (including phenoxy) is 2.